The first-order valence-corrected chi connectivity index (χ1v) is 10.5. The number of aromatic nitrogens is 3. The summed E-state index contributed by atoms with van der Waals surface area (Å²) >= 11 is 3.92. The topological polar surface area (TPSA) is 96.9 Å². The van der Waals surface area contributed by atoms with Gasteiger partial charge in [0.2, 0.25) is 0 Å². The number of rotatable bonds is 8. The van der Waals surface area contributed by atoms with Gasteiger partial charge in [0, 0.05) is 17.6 Å². The predicted octanol–water partition coefficient (Wildman–Crippen LogP) is 3.86. The number of carbonyl (C=O) groups excluding carboxylic acids is 2. The largest absolute Gasteiger partial charge is 0.362 e. The first-order valence-electron chi connectivity index (χ1n) is 7.96. The normalized spacial score (nSPS) is 10.7. The Balaban J connectivity index is 1.59. The molecule has 0 bridgehead atoms. The highest BCUT2D eigenvalue weighted by Gasteiger charge is 2.16. The molecule has 0 unspecified atom stereocenters. The van der Waals surface area contributed by atoms with Crippen LogP contribution in [0.4, 0.5) is 10.3 Å². The van der Waals surface area contributed by atoms with Crippen molar-refractivity contribution in [1.82, 2.24) is 15.0 Å². The summed E-state index contributed by atoms with van der Waals surface area (Å²) in [6, 6.07) is 0. The van der Waals surface area contributed by atoms with E-state index in [0.29, 0.717) is 20.0 Å². The van der Waals surface area contributed by atoms with Crippen LogP contribution >= 0.6 is 34.0 Å². The third-order valence-corrected chi connectivity index (χ3v) is 6.11. The van der Waals surface area contributed by atoms with E-state index >= 15 is 0 Å². The zero-order chi connectivity index (χ0) is 18.5. The summed E-state index contributed by atoms with van der Waals surface area (Å²) in [6.07, 6.45) is 4.25. The Kier molecular flexibility index (Phi) is 6.07. The van der Waals surface area contributed by atoms with Crippen molar-refractivity contribution in [3.05, 3.63) is 38.2 Å². The molecule has 0 aliphatic heterocycles. The summed E-state index contributed by atoms with van der Waals surface area (Å²) in [7, 11) is 0. The third kappa shape index (κ3) is 4.71. The van der Waals surface area contributed by atoms with Crippen molar-refractivity contribution in [2.45, 2.75) is 26.7 Å². The van der Waals surface area contributed by atoms with Gasteiger partial charge in [0.1, 0.15) is 9.88 Å². The van der Waals surface area contributed by atoms with Gasteiger partial charge in [-0.25, -0.2) is 15.0 Å². The molecule has 0 atom stereocenters. The number of hydrogen-bond acceptors (Lipinski definition) is 9. The molecule has 26 heavy (non-hydrogen) atoms. The number of carbonyl (C=O) groups is 2. The van der Waals surface area contributed by atoms with Crippen molar-refractivity contribution in [1.29, 1.82) is 0 Å². The summed E-state index contributed by atoms with van der Waals surface area (Å²) in [6.45, 7) is 4.77. The molecule has 0 aliphatic carbocycles. The van der Waals surface area contributed by atoms with Crippen molar-refractivity contribution in [2.24, 2.45) is 0 Å². The van der Waals surface area contributed by atoms with Crippen LogP contribution in [0.2, 0.25) is 0 Å². The molecule has 0 aromatic carbocycles. The summed E-state index contributed by atoms with van der Waals surface area (Å²) < 4.78 is 0. The maximum Gasteiger partial charge on any atom is 0.269 e. The minimum absolute atomic E-state index is 0.0545. The molecular formula is C16H17N5O2S3. The smallest absolute Gasteiger partial charge is 0.269 e. The number of Topliss-reactive ketones (excluding diaryl/α,β-unsaturated/α-hetero) is 1. The zero-order valence-electron chi connectivity index (χ0n) is 14.2. The lowest BCUT2D eigenvalue weighted by Gasteiger charge is -1.98. The van der Waals surface area contributed by atoms with E-state index in [2.05, 4.69) is 32.5 Å². The Morgan fingerprint density at radius 2 is 1.85 bits per heavy atom. The van der Waals surface area contributed by atoms with Gasteiger partial charge in [-0.15, -0.1) is 11.3 Å². The van der Waals surface area contributed by atoms with E-state index in [1.165, 1.54) is 35.1 Å². The predicted molar refractivity (Wildman–Crippen MR) is 106 cm³/mol. The van der Waals surface area contributed by atoms with Crippen molar-refractivity contribution >= 4 is 56.0 Å². The molecule has 3 rings (SSSR count). The molecule has 0 saturated carbocycles. The molecule has 0 saturated heterocycles. The minimum atomic E-state index is -0.282. The second-order valence-electron chi connectivity index (χ2n) is 5.42. The van der Waals surface area contributed by atoms with Crippen molar-refractivity contribution in [2.75, 3.05) is 17.2 Å². The highest BCUT2D eigenvalue weighted by molar-refractivity contribution is 7.18. The molecule has 7 nitrogen and oxygen atoms in total. The summed E-state index contributed by atoms with van der Waals surface area (Å²) in [5.41, 5.74) is 0.910. The number of ketones is 1. The number of amides is 1. The van der Waals surface area contributed by atoms with Gasteiger partial charge in [-0.2, -0.15) is 0 Å². The van der Waals surface area contributed by atoms with E-state index in [1.807, 2.05) is 12.3 Å². The molecule has 1 amide bonds. The lowest BCUT2D eigenvalue weighted by molar-refractivity contribution is 0.0994. The Bertz CT molecular complexity index is 915. The van der Waals surface area contributed by atoms with E-state index in [-0.39, 0.29) is 18.1 Å². The molecule has 0 fully saturated rings. The Labute approximate surface area is 162 Å². The quantitative estimate of drug-likeness (QED) is 0.550. The number of hydrogen-bond donors (Lipinski definition) is 2. The Hall–Kier alpha value is -2.17. The van der Waals surface area contributed by atoms with Gasteiger partial charge in [0.15, 0.2) is 16.0 Å². The lowest BCUT2D eigenvalue weighted by Crippen LogP contribution is -2.09. The van der Waals surface area contributed by atoms with Gasteiger partial charge in [-0.05, 0) is 13.3 Å². The maximum absolute atomic E-state index is 12.3. The fourth-order valence-corrected chi connectivity index (χ4v) is 4.28. The van der Waals surface area contributed by atoms with E-state index < -0.39 is 0 Å². The van der Waals surface area contributed by atoms with E-state index in [9.17, 15) is 9.59 Å². The highest BCUT2D eigenvalue weighted by Crippen LogP contribution is 2.23. The Morgan fingerprint density at radius 1 is 1.12 bits per heavy atom. The molecule has 0 aliphatic rings. The number of nitrogens with one attached hydrogen (secondary N) is 2. The van der Waals surface area contributed by atoms with Gasteiger partial charge < -0.3 is 5.32 Å². The van der Waals surface area contributed by atoms with Gasteiger partial charge in [-0.3, -0.25) is 14.9 Å². The molecule has 136 valence electrons. The lowest BCUT2D eigenvalue weighted by atomic mass is 10.3. The molecule has 3 heterocycles. The molecule has 0 radical (unpaired) electrons. The van der Waals surface area contributed by atoms with Crippen LogP contribution in [0.5, 0.6) is 0 Å². The van der Waals surface area contributed by atoms with Crippen molar-refractivity contribution < 1.29 is 9.59 Å². The molecular weight excluding hydrogens is 390 g/mol. The summed E-state index contributed by atoms with van der Waals surface area (Å²) in [5.74, 6) is -0.336. The standard InChI is InChI=1S/C16H17N5O2S3/c1-3-4-17-15-18-7-12(26-15)14(23)21-16-19-6-11(25-16)10(22)5-13-20-9(2)8-24-13/h6-8H,3-5H2,1-2H3,(H,17,18)(H,19,21,23). The fourth-order valence-electron chi connectivity index (χ4n) is 2.02. The van der Waals surface area contributed by atoms with E-state index in [0.717, 1.165) is 35.0 Å². The maximum atomic E-state index is 12.3. The van der Waals surface area contributed by atoms with E-state index in [4.69, 9.17) is 0 Å². The van der Waals surface area contributed by atoms with Crippen molar-refractivity contribution in [3.63, 3.8) is 0 Å². The first-order chi connectivity index (χ1) is 12.5. The zero-order valence-corrected chi connectivity index (χ0v) is 16.7. The van der Waals surface area contributed by atoms with Gasteiger partial charge >= 0.3 is 0 Å². The molecule has 3 aromatic heterocycles. The van der Waals surface area contributed by atoms with Gasteiger partial charge in [0.05, 0.1) is 23.7 Å². The molecule has 3 aromatic rings. The molecule has 0 spiro atoms. The van der Waals surface area contributed by atoms with Crippen molar-refractivity contribution in [3.8, 4) is 0 Å². The van der Waals surface area contributed by atoms with Gasteiger partial charge in [-0.1, -0.05) is 29.6 Å². The SMILES string of the molecule is CCCNc1ncc(C(=O)Nc2ncc(C(=O)Cc3nc(C)cs3)s2)s1. The monoisotopic (exact) mass is 407 g/mol. The second kappa shape index (κ2) is 8.47. The highest BCUT2D eigenvalue weighted by atomic mass is 32.1. The van der Waals surface area contributed by atoms with Crippen LogP contribution in [0.3, 0.4) is 0 Å². The van der Waals surface area contributed by atoms with Crippen LogP contribution in [0.1, 0.15) is 43.4 Å². The average Bonchev–Trinajstić information content (AvgIpc) is 3.34. The average molecular weight is 408 g/mol. The first kappa shape index (κ1) is 18.6. The summed E-state index contributed by atoms with van der Waals surface area (Å²) in [4.78, 5) is 38.2. The molecule has 10 heteroatoms. The van der Waals surface area contributed by atoms with Crippen LogP contribution in [-0.4, -0.2) is 33.2 Å². The van der Waals surface area contributed by atoms with Crippen LogP contribution in [0.25, 0.3) is 0 Å². The number of anilines is 2. The molecule has 2 N–H and O–H groups in total. The summed E-state index contributed by atoms with van der Waals surface area (Å²) in [5, 5.41) is 9.66. The van der Waals surface area contributed by atoms with Crippen LogP contribution < -0.4 is 10.6 Å². The second-order valence-corrected chi connectivity index (χ2v) is 8.43. The van der Waals surface area contributed by atoms with Crippen LogP contribution in [-0.2, 0) is 6.42 Å². The van der Waals surface area contributed by atoms with Crippen LogP contribution in [0.15, 0.2) is 17.8 Å². The third-order valence-electron chi connectivity index (χ3n) is 3.24. The minimum Gasteiger partial charge on any atom is -0.362 e. The van der Waals surface area contributed by atoms with E-state index in [1.54, 1.807) is 0 Å². The fraction of sp³-hybridized carbons (Fsp3) is 0.312. The number of thiazole rings is 3. The Morgan fingerprint density at radius 3 is 2.58 bits per heavy atom. The van der Waals surface area contributed by atoms with Crippen LogP contribution in [0, 0.1) is 6.92 Å². The number of nitrogens with zero attached hydrogens (tertiary/aromatic N) is 3. The van der Waals surface area contributed by atoms with Gasteiger partial charge in [0.25, 0.3) is 5.91 Å². The number of aryl methyl sites for hydroxylation is 1.